The molecule has 0 radical (unpaired) electrons. The molecule has 2 fully saturated rings. The zero-order valence-electron chi connectivity index (χ0n) is 14.5. The number of nitrogens with zero attached hydrogens (tertiary/aromatic N) is 2. The molecular formula is C19H22BrN3O3. The summed E-state index contributed by atoms with van der Waals surface area (Å²) < 4.78 is 0.759. The summed E-state index contributed by atoms with van der Waals surface area (Å²) in [5.41, 5.74) is 0.809. The van der Waals surface area contributed by atoms with E-state index in [0.29, 0.717) is 11.1 Å². The van der Waals surface area contributed by atoms with Crippen LogP contribution in [-0.4, -0.2) is 59.2 Å². The Hall–Kier alpha value is -1.73. The molecule has 3 aliphatic rings. The second-order valence-electron chi connectivity index (χ2n) is 7.31. The van der Waals surface area contributed by atoms with E-state index >= 15 is 0 Å². The van der Waals surface area contributed by atoms with Crippen LogP contribution in [0.3, 0.4) is 0 Å². The van der Waals surface area contributed by atoms with E-state index in [4.69, 9.17) is 0 Å². The summed E-state index contributed by atoms with van der Waals surface area (Å²) >= 11 is 3.32. The molecule has 3 amide bonds. The molecule has 0 spiro atoms. The Morgan fingerprint density at radius 3 is 2.46 bits per heavy atom. The van der Waals surface area contributed by atoms with Gasteiger partial charge in [0.15, 0.2) is 0 Å². The van der Waals surface area contributed by atoms with Gasteiger partial charge in [-0.05, 0) is 43.9 Å². The van der Waals surface area contributed by atoms with Gasteiger partial charge in [0, 0.05) is 42.6 Å². The molecular weight excluding hydrogens is 398 g/mol. The number of rotatable bonds is 5. The van der Waals surface area contributed by atoms with Crippen LogP contribution >= 0.6 is 15.9 Å². The highest BCUT2D eigenvalue weighted by molar-refractivity contribution is 9.10. The molecule has 0 bridgehead atoms. The first-order valence-corrected chi connectivity index (χ1v) is 10.0. The van der Waals surface area contributed by atoms with Crippen LogP contribution in [0.1, 0.15) is 52.8 Å². The summed E-state index contributed by atoms with van der Waals surface area (Å²) in [6, 6.07) is 6.03. The lowest BCUT2D eigenvalue weighted by atomic mass is 10.0. The van der Waals surface area contributed by atoms with Crippen LogP contribution in [0.2, 0.25) is 0 Å². The Labute approximate surface area is 161 Å². The fraction of sp³-hybridized carbons (Fsp3) is 0.526. The van der Waals surface area contributed by atoms with Gasteiger partial charge in [-0.1, -0.05) is 15.9 Å². The van der Waals surface area contributed by atoms with Crippen molar-refractivity contribution in [2.75, 3.05) is 19.6 Å². The number of fused-ring (bicyclic) bond motifs is 1. The quantitative estimate of drug-likeness (QED) is 0.742. The molecule has 0 aromatic heterocycles. The number of piperidine rings is 1. The highest BCUT2D eigenvalue weighted by Crippen LogP contribution is 2.29. The molecule has 6 nitrogen and oxygen atoms in total. The maximum absolute atomic E-state index is 12.4. The summed E-state index contributed by atoms with van der Waals surface area (Å²) in [5.74, 6) is -0.729. The Morgan fingerprint density at radius 1 is 1.08 bits per heavy atom. The van der Waals surface area contributed by atoms with Gasteiger partial charge in [0.1, 0.15) is 0 Å². The highest BCUT2D eigenvalue weighted by Gasteiger charge is 2.36. The Kier molecular flexibility index (Phi) is 4.84. The van der Waals surface area contributed by atoms with Crippen LogP contribution in [-0.2, 0) is 4.79 Å². The largest absolute Gasteiger partial charge is 0.353 e. The second kappa shape index (κ2) is 7.12. The molecule has 1 saturated carbocycles. The number of hydrogen-bond acceptors (Lipinski definition) is 4. The summed E-state index contributed by atoms with van der Waals surface area (Å²) in [5, 5.41) is 3.06. The Balaban J connectivity index is 1.27. The van der Waals surface area contributed by atoms with Gasteiger partial charge >= 0.3 is 0 Å². The third-order valence-electron chi connectivity index (χ3n) is 5.45. The Bertz CT molecular complexity index is 754. The third-order valence-corrected chi connectivity index (χ3v) is 5.95. The standard InChI is InChI=1S/C19H22BrN3O3/c20-12-1-4-15-16(11-12)19(26)23(18(15)25)10-7-17(24)21-13-5-8-22(9-6-13)14-2-3-14/h1,4,11,13-14H,2-3,5-10H2,(H,21,24). The van der Waals surface area contributed by atoms with Crippen molar-refractivity contribution in [1.82, 2.24) is 15.1 Å². The molecule has 1 aromatic carbocycles. The summed E-state index contributed by atoms with van der Waals surface area (Å²) in [7, 11) is 0. The topological polar surface area (TPSA) is 69.7 Å². The predicted molar refractivity (Wildman–Crippen MR) is 99.9 cm³/mol. The molecule has 2 heterocycles. The maximum Gasteiger partial charge on any atom is 0.261 e. The van der Waals surface area contributed by atoms with Crippen LogP contribution in [0.25, 0.3) is 0 Å². The number of likely N-dealkylation sites (tertiary alicyclic amines) is 1. The number of nitrogens with one attached hydrogen (secondary N) is 1. The lowest BCUT2D eigenvalue weighted by Crippen LogP contribution is -2.46. The van der Waals surface area contributed by atoms with Gasteiger partial charge in [0.05, 0.1) is 11.1 Å². The fourth-order valence-electron chi connectivity index (χ4n) is 3.83. The molecule has 7 heteroatoms. The third kappa shape index (κ3) is 3.55. The first-order chi connectivity index (χ1) is 12.5. The van der Waals surface area contributed by atoms with Crippen LogP contribution in [0.4, 0.5) is 0 Å². The molecule has 138 valence electrons. The van der Waals surface area contributed by atoms with Gasteiger partial charge < -0.3 is 10.2 Å². The number of halogens is 1. The molecule has 26 heavy (non-hydrogen) atoms. The number of carbonyl (C=O) groups excluding carboxylic acids is 3. The zero-order chi connectivity index (χ0) is 18.3. The van der Waals surface area contributed by atoms with Crippen molar-refractivity contribution >= 4 is 33.7 Å². The minimum Gasteiger partial charge on any atom is -0.353 e. The average molecular weight is 420 g/mol. The number of benzene rings is 1. The fourth-order valence-corrected chi connectivity index (χ4v) is 4.19. The van der Waals surface area contributed by atoms with Crippen molar-refractivity contribution in [3.63, 3.8) is 0 Å². The summed E-state index contributed by atoms with van der Waals surface area (Å²) in [6.45, 7) is 2.21. The van der Waals surface area contributed by atoms with Crippen molar-refractivity contribution in [1.29, 1.82) is 0 Å². The van der Waals surface area contributed by atoms with Crippen molar-refractivity contribution in [2.45, 2.75) is 44.2 Å². The number of hydrogen-bond donors (Lipinski definition) is 1. The van der Waals surface area contributed by atoms with Gasteiger partial charge in [-0.15, -0.1) is 0 Å². The van der Waals surface area contributed by atoms with E-state index in [9.17, 15) is 14.4 Å². The van der Waals surface area contributed by atoms with Crippen LogP contribution in [0, 0.1) is 0 Å². The van der Waals surface area contributed by atoms with E-state index in [2.05, 4.69) is 26.1 Å². The SMILES string of the molecule is O=C(CCN1C(=O)c2ccc(Br)cc2C1=O)NC1CCN(C2CC2)CC1. The zero-order valence-corrected chi connectivity index (χ0v) is 16.1. The molecule has 1 N–H and O–H groups in total. The monoisotopic (exact) mass is 419 g/mol. The minimum absolute atomic E-state index is 0.0902. The lowest BCUT2D eigenvalue weighted by molar-refractivity contribution is -0.122. The second-order valence-corrected chi connectivity index (χ2v) is 8.23. The molecule has 2 aliphatic heterocycles. The van der Waals surface area contributed by atoms with Gasteiger partial charge in [-0.2, -0.15) is 0 Å². The maximum atomic E-state index is 12.4. The average Bonchev–Trinajstić information content (AvgIpc) is 3.44. The van der Waals surface area contributed by atoms with Crippen LogP contribution in [0.5, 0.6) is 0 Å². The van der Waals surface area contributed by atoms with E-state index in [1.54, 1.807) is 18.2 Å². The lowest BCUT2D eigenvalue weighted by Gasteiger charge is -2.32. The van der Waals surface area contributed by atoms with E-state index in [1.807, 2.05) is 0 Å². The summed E-state index contributed by atoms with van der Waals surface area (Å²) in [6.07, 6.45) is 4.73. The molecule has 1 saturated heterocycles. The van der Waals surface area contributed by atoms with Gasteiger partial charge in [0.2, 0.25) is 5.91 Å². The van der Waals surface area contributed by atoms with Crippen LogP contribution in [0.15, 0.2) is 22.7 Å². The first kappa shape index (κ1) is 17.7. The van der Waals surface area contributed by atoms with Gasteiger partial charge in [-0.25, -0.2) is 0 Å². The van der Waals surface area contributed by atoms with E-state index in [1.165, 1.54) is 17.7 Å². The normalized spacial score (nSPS) is 21.2. The van der Waals surface area contributed by atoms with Crippen molar-refractivity contribution in [3.05, 3.63) is 33.8 Å². The molecule has 1 aliphatic carbocycles. The van der Waals surface area contributed by atoms with E-state index in [-0.39, 0.29) is 36.7 Å². The number of carbonyl (C=O) groups is 3. The molecule has 1 aromatic rings. The van der Waals surface area contributed by atoms with Crippen LogP contribution < -0.4 is 5.32 Å². The van der Waals surface area contributed by atoms with Crippen molar-refractivity contribution in [3.8, 4) is 0 Å². The minimum atomic E-state index is -0.322. The molecule has 0 unspecified atom stereocenters. The smallest absolute Gasteiger partial charge is 0.261 e. The highest BCUT2D eigenvalue weighted by atomic mass is 79.9. The molecule has 0 atom stereocenters. The van der Waals surface area contributed by atoms with E-state index in [0.717, 1.165) is 36.4 Å². The van der Waals surface area contributed by atoms with Crippen molar-refractivity contribution in [2.24, 2.45) is 0 Å². The summed E-state index contributed by atoms with van der Waals surface area (Å²) in [4.78, 5) is 40.7. The number of amides is 3. The van der Waals surface area contributed by atoms with Gasteiger partial charge in [-0.3, -0.25) is 19.3 Å². The Morgan fingerprint density at radius 2 is 1.77 bits per heavy atom. The predicted octanol–water partition coefficient (Wildman–Crippen LogP) is 2.18. The number of imide groups is 1. The van der Waals surface area contributed by atoms with E-state index < -0.39 is 0 Å². The van der Waals surface area contributed by atoms with Gasteiger partial charge in [0.25, 0.3) is 11.8 Å². The van der Waals surface area contributed by atoms with Crippen molar-refractivity contribution < 1.29 is 14.4 Å². The molecule has 4 rings (SSSR count). The first-order valence-electron chi connectivity index (χ1n) is 9.22.